The van der Waals surface area contributed by atoms with Crippen LogP contribution in [0.5, 0.6) is 0 Å². The quantitative estimate of drug-likeness (QED) is 0.522. The molecule has 1 aliphatic carbocycles. The van der Waals surface area contributed by atoms with Gasteiger partial charge in [0.2, 0.25) is 0 Å². The van der Waals surface area contributed by atoms with Crippen LogP contribution in [-0.4, -0.2) is 0 Å². The van der Waals surface area contributed by atoms with Crippen LogP contribution in [0.2, 0.25) is 0 Å². The molecule has 0 nitrogen and oxygen atoms in total. The van der Waals surface area contributed by atoms with Crippen molar-refractivity contribution in [2.24, 2.45) is 11.8 Å². The van der Waals surface area contributed by atoms with Gasteiger partial charge in [0.25, 0.3) is 0 Å². The van der Waals surface area contributed by atoms with Gasteiger partial charge in [-0.2, -0.15) is 0 Å². The van der Waals surface area contributed by atoms with Crippen molar-refractivity contribution < 1.29 is 0 Å². The molecule has 1 saturated carbocycles. The highest BCUT2D eigenvalue weighted by molar-refractivity contribution is 4.65. The largest absolute Gasteiger partial charge is 0.0683 e. The van der Waals surface area contributed by atoms with Gasteiger partial charge >= 0.3 is 0 Å². The Kier molecular flexibility index (Phi) is 26.1. The molecule has 1 aliphatic rings. The van der Waals surface area contributed by atoms with Crippen LogP contribution in [0.25, 0.3) is 0 Å². The molecule has 90 valence electrons. The maximum Gasteiger partial charge on any atom is -0.0443 e. The van der Waals surface area contributed by atoms with Crippen molar-refractivity contribution in [3.8, 4) is 0 Å². The highest BCUT2D eigenvalue weighted by Gasteiger charge is 2.12. The molecule has 0 aliphatic heterocycles. The van der Waals surface area contributed by atoms with E-state index in [2.05, 4.69) is 27.7 Å². The smallest absolute Gasteiger partial charge is 0.0443 e. The van der Waals surface area contributed by atoms with E-state index in [1.165, 1.54) is 25.7 Å². The van der Waals surface area contributed by atoms with Crippen molar-refractivity contribution in [2.45, 2.75) is 81.1 Å². The zero-order chi connectivity index (χ0) is 12.0. The third-order valence-electron chi connectivity index (χ3n) is 1.73. The van der Waals surface area contributed by atoms with Crippen molar-refractivity contribution in [1.82, 2.24) is 0 Å². The zero-order valence-corrected chi connectivity index (χ0v) is 12.0. The standard InChI is InChI=1S/C6H14.C4H8.2C2H6/c1-4-5-6(2)3;1-4-2-3-4;2*1-2/h6H,4-5H2,1-3H3;4H,2-3H2,1H3;2*1-2H3. The number of rotatable bonds is 2. The summed E-state index contributed by atoms with van der Waals surface area (Å²) in [5.41, 5.74) is 0. The van der Waals surface area contributed by atoms with Gasteiger partial charge in [-0.25, -0.2) is 0 Å². The molecule has 0 bridgehead atoms. The van der Waals surface area contributed by atoms with E-state index in [-0.39, 0.29) is 0 Å². The third kappa shape index (κ3) is 40.3. The van der Waals surface area contributed by atoms with Crippen LogP contribution in [0, 0.1) is 11.8 Å². The van der Waals surface area contributed by atoms with Crippen molar-refractivity contribution in [3.05, 3.63) is 0 Å². The highest BCUT2D eigenvalue weighted by Crippen LogP contribution is 2.26. The summed E-state index contributed by atoms with van der Waals surface area (Å²) in [5, 5.41) is 0. The van der Waals surface area contributed by atoms with Crippen LogP contribution < -0.4 is 0 Å². The topological polar surface area (TPSA) is 0 Å². The van der Waals surface area contributed by atoms with E-state index < -0.39 is 0 Å². The summed E-state index contributed by atoms with van der Waals surface area (Å²) in [6.07, 6.45) is 5.68. The minimum absolute atomic E-state index is 0.898. The molecule has 1 rings (SSSR count). The van der Waals surface area contributed by atoms with E-state index in [0.29, 0.717) is 0 Å². The molecule has 0 radical (unpaired) electrons. The molecule has 0 N–H and O–H groups in total. The predicted octanol–water partition coefficient (Wildman–Crippen LogP) is 5.91. The summed E-state index contributed by atoms with van der Waals surface area (Å²) in [4.78, 5) is 0. The number of hydrogen-bond acceptors (Lipinski definition) is 0. The van der Waals surface area contributed by atoms with Gasteiger partial charge in [-0.05, 0) is 11.8 Å². The van der Waals surface area contributed by atoms with Gasteiger partial charge in [0.05, 0.1) is 0 Å². The minimum Gasteiger partial charge on any atom is -0.0683 e. The first-order valence-electron chi connectivity index (χ1n) is 6.66. The lowest BCUT2D eigenvalue weighted by atomic mass is 10.1. The Morgan fingerprint density at radius 1 is 1.00 bits per heavy atom. The lowest BCUT2D eigenvalue weighted by molar-refractivity contribution is 0.576. The van der Waals surface area contributed by atoms with Crippen LogP contribution in [0.4, 0.5) is 0 Å². The van der Waals surface area contributed by atoms with Gasteiger partial charge in [0.15, 0.2) is 0 Å². The summed E-state index contributed by atoms with van der Waals surface area (Å²) in [6, 6.07) is 0. The molecule has 0 spiro atoms. The SMILES string of the molecule is CC.CC.CC1CC1.CCCC(C)C. The molecular formula is C14H34. The molecule has 0 unspecified atom stereocenters. The van der Waals surface area contributed by atoms with E-state index in [1.807, 2.05) is 27.7 Å². The molecule has 0 atom stereocenters. The van der Waals surface area contributed by atoms with E-state index in [0.717, 1.165) is 11.8 Å². The fourth-order valence-electron chi connectivity index (χ4n) is 0.744. The maximum atomic E-state index is 2.28. The van der Waals surface area contributed by atoms with E-state index in [4.69, 9.17) is 0 Å². The molecule has 14 heavy (non-hydrogen) atoms. The first-order valence-corrected chi connectivity index (χ1v) is 6.66. The molecular weight excluding hydrogens is 168 g/mol. The fraction of sp³-hybridized carbons (Fsp3) is 1.00. The summed E-state index contributed by atoms with van der Waals surface area (Å²) in [5.74, 6) is 1.98. The van der Waals surface area contributed by atoms with E-state index in [9.17, 15) is 0 Å². The second kappa shape index (κ2) is 18.7. The van der Waals surface area contributed by atoms with Crippen LogP contribution in [0.15, 0.2) is 0 Å². The highest BCUT2D eigenvalue weighted by atomic mass is 14.2. The average molecular weight is 202 g/mol. The summed E-state index contributed by atoms with van der Waals surface area (Å²) >= 11 is 0. The first-order chi connectivity index (χ1) is 6.66. The molecule has 0 amide bonds. The lowest BCUT2D eigenvalue weighted by Crippen LogP contribution is -1.81. The van der Waals surface area contributed by atoms with Crippen LogP contribution in [0.3, 0.4) is 0 Å². The molecule has 0 heterocycles. The molecule has 1 fully saturated rings. The Morgan fingerprint density at radius 2 is 1.29 bits per heavy atom. The Hall–Kier alpha value is 0. The molecule has 0 heteroatoms. The van der Waals surface area contributed by atoms with Gasteiger partial charge in [0.1, 0.15) is 0 Å². The first kappa shape index (κ1) is 19.6. The number of hydrogen-bond donors (Lipinski definition) is 0. The van der Waals surface area contributed by atoms with Gasteiger partial charge in [-0.3, -0.25) is 0 Å². The van der Waals surface area contributed by atoms with Crippen molar-refractivity contribution in [3.63, 3.8) is 0 Å². The van der Waals surface area contributed by atoms with Crippen LogP contribution in [0.1, 0.15) is 81.1 Å². The van der Waals surface area contributed by atoms with E-state index in [1.54, 1.807) is 0 Å². The maximum absolute atomic E-state index is 2.28. The normalized spacial score (nSPS) is 12.6. The van der Waals surface area contributed by atoms with Gasteiger partial charge in [0, 0.05) is 0 Å². The van der Waals surface area contributed by atoms with Crippen molar-refractivity contribution in [1.29, 1.82) is 0 Å². The second-order valence-corrected chi connectivity index (χ2v) is 3.87. The van der Waals surface area contributed by atoms with Crippen LogP contribution in [-0.2, 0) is 0 Å². The average Bonchev–Trinajstić information content (AvgIpc) is 2.95. The summed E-state index contributed by atoms with van der Waals surface area (Å²) in [6.45, 7) is 17.0. The van der Waals surface area contributed by atoms with E-state index >= 15 is 0 Å². The molecule has 0 aromatic heterocycles. The fourth-order valence-corrected chi connectivity index (χ4v) is 0.744. The minimum atomic E-state index is 0.898. The molecule has 0 aromatic carbocycles. The summed E-state index contributed by atoms with van der Waals surface area (Å²) in [7, 11) is 0. The Bertz CT molecular complexity index is 60.4. The second-order valence-electron chi connectivity index (χ2n) is 3.87. The molecule has 0 aromatic rings. The lowest BCUT2D eigenvalue weighted by Gasteiger charge is -1.95. The summed E-state index contributed by atoms with van der Waals surface area (Å²) < 4.78 is 0. The Morgan fingerprint density at radius 3 is 1.29 bits per heavy atom. The Balaban J connectivity index is -0.000000131. The zero-order valence-electron chi connectivity index (χ0n) is 12.0. The predicted molar refractivity (Wildman–Crippen MR) is 70.8 cm³/mol. The van der Waals surface area contributed by atoms with Crippen LogP contribution >= 0.6 is 0 Å². The van der Waals surface area contributed by atoms with Gasteiger partial charge in [-0.15, -0.1) is 0 Å². The van der Waals surface area contributed by atoms with Gasteiger partial charge in [-0.1, -0.05) is 81.1 Å². The Labute approximate surface area is 93.5 Å². The van der Waals surface area contributed by atoms with Gasteiger partial charge < -0.3 is 0 Å². The molecule has 0 saturated heterocycles. The third-order valence-corrected chi connectivity index (χ3v) is 1.73. The van der Waals surface area contributed by atoms with Crippen molar-refractivity contribution >= 4 is 0 Å². The monoisotopic (exact) mass is 202 g/mol. The van der Waals surface area contributed by atoms with Crippen molar-refractivity contribution in [2.75, 3.05) is 0 Å².